The SMILES string of the molecule is COCCOCCC(=O)NCC1(c2ccc3c(c2)OCO3)CC1. The second-order valence-electron chi connectivity index (χ2n) is 5.98. The van der Waals surface area contributed by atoms with Crippen molar-refractivity contribution in [2.24, 2.45) is 0 Å². The predicted molar refractivity (Wildman–Crippen MR) is 83.8 cm³/mol. The van der Waals surface area contributed by atoms with Crippen LogP contribution in [0.25, 0.3) is 0 Å². The molecule has 0 unspecified atom stereocenters. The highest BCUT2D eigenvalue weighted by Gasteiger charge is 2.44. The van der Waals surface area contributed by atoms with Gasteiger partial charge in [0.1, 0.15) is 0 Å². The van der Waals surface area contributed by atoms with E-state index in [2.05, 4.69) is 11.4 Å². The van der Waals surface area contributed by atoms with Crippen molar-refractivity contribution in [3.8, 4) is 11.5 Å². The molecule has 0 atom stereocenters. The summed E-state index contributed by atoms with van der Waals surface area (Å²) in [5.41, 5.74) is 1.26. The van der Waals surface area contributed by atoms with Gasteiger partial charge in [-0.3, -0.25) is 4.79 Å². The van der Waals surface area contributed by atoms with Gasteiger partial charge in [-0.05, 0) is 30.5 Å². The molecule has 1 aliphatic heterocycles. The molecule has 126 valence electrons. The van der Waals surface area contributed by atoms with Crippen molar-refractivity contribution in [3.63, 3.8) is 0 Å². The lowest BCUT2D eigenvalue weighted by Crippen LogP contribution is -2.32. The maximum absolute atomic E-state index is 11.9. The first-order chi connectivity index (χ1) is 11.2. The van der Waals surface area contributed by atoms with E-state index in [1.54, 1.807) is 7.11 Å². The summed E-state index contributed by atoms with van der Waals surface area (Å²) in [5.74, 6) is 1.61. The number of hydrogen-bond acceptors (Lipinski definition) is 5. The molecule has 1 aromatic rings. The van der Waals surface area contributed by atoms with Gasteiger partial charge in [0.2, 0.25) is 12.7 Å². The van der Waals surface area contributed by atoms with Crippen LogP contribution in [0.1, 0.15) is 24.8 Å². The standard InChI is InChI=1S/C17H23NO5/c1-20-8-9-21-7-4-16(19)18-11-17(5-6-17)13-2-3-14-15(10-13)23-12-22-14/h2-3,10H,4-9,11-12H2,1H3,(H,18,19). The third-order valence-corrected chi connectivity index (χ3v) is 4.37. The number of amides is 1. The summed E-state index contributed by atoms with van der Waals surface area (Å²) in [7, 11) is 1.63. The van der Waals surface area contributed by atoms with Crippen molar-refractivity contribution in [1.29, 1.82) is 0 Å². The van der Waals surface area contributed by atoms with E-state index >= 15 is 0 Å². The van der Waals surface area contributed by atoms with Crippen LogP contribution in [0.15, 0.2) is 18.2 Å². The van der Waals surface area contributed by atoms with Gasteiger partial charge in [-0.1, -0.05) is 6.07 Å². The Balaban J connectivity index is 1.45. The van der Waals surface area contributed by atoms with Gasteiger partial charge in [0.25, 0.3) is 0 Å². The zero-order valence-corrected chi connectivity index (χ0v) is 13.4. The summed E-state index contributed by atoms with van der Waals surface area (Å²) >= 11 is 0. The monoisotopic (exact) mass is 321 g/mol. The van der Waals surface area contributed by atoms with Gasteiger partial charge in [0, 0.05) is 25.5 Å². The Kier molecular flexibility index (Phi) is 5.03. The van der Waals surface area contributed by atoms with Crippen LogP contribution in [0.5, 0.6) is 11.5 Å². The van der Waals surface area contributed by atoms with Crippen LogP contribution in [0, 0.1) is 0 Å². The zero-order valence-electron chi connectivity index (χ0n) is 13.4. The third-order valence-electron chi connectivity index (χ3n) is 4.37. The van der Waals surface area contributed by atoms with Crippen LogP contribution in [0.3, 0.4) is 0 Å². The molecule has 0 aromatic heterocycles. The van der Waals surface area contributed by atoms with Gasteiger partial charge in [0.15, 0.2) is 11.5 Å². The molecular formula is C17H23NO5. The van der Waals surface area contributed by atoms with Gasteiger partial charge in [0.05, 0.1) is 19.8 Å². The fraction of sp³-hybridized carbons (Fsp3) is 0.588. The summed E-state index contributed by atoms with van der Waals surface area (Å²) in [4.78, 5) is 11.9. The lowest BCUT2D eigenvalue weighted by Gasteiger charge is -2.17. The first-order valence-corrected chi connectivity index (χ1v) is 7.97. The van der Waals surface area contributed by atoms with E-state index in [9.17, 15) is 4.79 Å². The van der Waals surface area contributed by atoms with E-state index in [1.165, 1.54) is 5.56 Å². The Bertz CT molecular complexity index is 556. The quantitative estimate of drug-likeness (QED) is 0.700. The minimum absolute atomic E-state index is 0.0226. The molecule has 2 aliphatic rings. The van der Waals surface area contributed by atoms with Gasteiger partial charge in [-0.2, -0.15) is 0 Å². The number of ether oxygens (including phenoxy) is 4. The highest BCUT2D eigenvalue weighted by molar-refractivity contribution is 5.76. The van der Waals surface area contributed by atoms with Crippen LogP contribution >= 0.6 is 0 Å². The maximum Gasteiger partial charge on any atom is 0.231 e. The van der Waals surface area contributed by atoms with E-state index in [1.807, 2.05) is 12.1 Å². The van der Waals surface area contributed by atoms with Gasteiger partial charge >= 0.3 is 0 Å². The molecule has 1 aliphatic carbocycles. The van der Waals surface area contributed by atoms with Gasteiger partial charge in [-0.25, -0.2) is 0 Å². The second kappa shape index (κ2) is 7.19. The Labute approximate surface area is 136 Å². The molecule has 1 saturated carbocycles. The van der Waals surface area contributed by atoms with E-state index in [0.717, 1.165) is 24.3 Å². The lowest BCUT2D eigenvalue weighted by atomic mass is 9.95. The Hall–Kier alpha value is -1.79. The minimum atomic E-state index is 0.0226. The first kappa shape index (κ1) is 16.1. The molecule has 6 nitrogen and oxygen atoms in total. The molecule has 0 saturated heterocycles. The number of fused-ring (bicyclic) bond motifs is 1. The third kappa shape index (κ3) is 3.95. The minimum Gasteiger partial charge on any atom is -0.454 e. The van der Waals surface area contributed by atoms with Crippen molar-refractivity contribution in [1.82, 2.24) is 5.32 Å². The first-order valence-electron chi connectivity index (χ1n) is 7.97. The molecule has 1 N–H and O–H groups in total. The molecular weight excluding hydrogens is 298 g/mol. The summed E-state index contributed by atoms with van der Waals surface area (Å²) in [5, 5.41) is 3.02. The molecule has 0 bridgehead atoms. The van der Waals surface area contributed by atoms with E-state index in [-0.39, 0.29) is 18.1 Å². The maximum atomic E-state index is 11.9. The van der Waals surface area contributed by atoms with Crippen LogP contribution < -0.4 is 14.8 Å². The topological polar surface area (TPSA) is 66.0 Å². The van der Waals surface area contributed by atoms with E-state index in [0.29, 0.717) is 32.8 Å². The Morgan fingerprint density at radius 1 is 1.22 bits per heavy atom. The van der Waals surface area contributed by atoms with Crippen molar-refractivity contribution in [3.05, 3.63) is 23.8 Å². The molecule has 3 rings (SSSR count). The highest BCUT2D eigenvalue weighted by atomic mass is 16.7. The molecule has 1 heterocycles. The lowest BCUT2D eigenvalue weighted by molar-refractivity contribution is -0.122. The fourth-order valence-corrected chi connectivity index (χ4v) is 2.71. The number of carbonyl (C=O) groups excluding carboxylic acids is 1. The molecule has 1 amide bonds. The number of rotatable bonds is 9. The van der Waals surface area contributed by atoms with Crippen LogP contribution in [0.2, 0.25) is 0 Å². The van der Waals surface area contributed by atoms with Crippen molar-refractivity contribution < 1.29 is 23.7 Å². The average molecular weight is 321 g/mol. The average Bonchev–Trinajstić information content (AvgIpc) is 3.21. The molecule has 1 aromatic carbocycles. The van der Waals surface area contributed by atoms with Crippen molar-refractivity contribution >= 4 is 5.91 Å². The summed E-state index contributed by atoms with van der Waals surface area (Å²) in [6, 6.07) is 6.05. The summed E-state index contributed by atoms with van der Waals surface area (Å²) < 4.78 is 21.0. The van der Waals surface area contributed by atoms with Crippen molar-refractivity contribution in [2.75, 3.05) is 40.3 Å². The van der Waals surface area contributed by atoms with Crippen LogP contribution in [0.4, 0.5) is 0 Å². The van der Waals surface area contributed by atoms with E-state index < -0.39 is 0 Å². The number of nitrogens with one attached hydrogen (secondary N) is 1. The fourth-order valence-electron chi connectivity index (χ4n) is 2.71. The molecule has 1 fully saturated rings. The van der Waals surface area contributed by atoms with E-state index in [4.69, 9.17) is 18.9 Å². The van der Waals surface area contributed by atoms with Crippen LogP contribution in [-0.4, -0.2) is 46.2 Å². The predicted octanol–water partition coefficient (Wildman–Crippen LogP) is 1.62. The second-order valence-corrected chi connectivity index (χ2v) is 5.98. The van der Waals surface area contributed by atoms with Crippen LogP contribution in [-0.2, 0) is 19.7 Å². The van der Waals surface area contributed by atoms with Gasteiger partial charge < -0.3 is 24.3 Å². The highest BCUT2D eigenvalue weighted by Crippen LogP contribution is 2.49. The summed E-state index contributed by atoms with van der Waals surface area (Å²) in [6.07, 6.45) is 2.54. The number of methoxy groups -OCH3 is 1. The number of benzene rings is 1. The van der Waals surface area contributed by atoms with Gasteiger partial charge in [-0.15, -0.1) is 0 Å². The number of carbonyl (C=O) groups is 1. The molecule has 0 spiro atoms. The largest absolute Gasteiger partial charge is 0.454 e. The summed E-state index contributed by atoms with van der Waals surface area (Å²) in [6.45, 7) is 2.43. The molecule has 0 radical (unpaired) electrons. The molecule has 23 heavy (non-hydrogen) atoms. The Morgan fingerprint density at radius 3 is 2.83 bits per heavy atom. The molecule has 6 heteroatoms. The zero-order chi connectivity index (χ0) is 16.1. The van der Waals surface area contributed by atoms with Crippen molar-refractivity contribution in [2.45, 2.75) is 24.7 Å². The number of hydrogen-bond donors (Lipinski definition) is 1. The normalized spacial score (nSPS) is 17.1. The Morgan fingerprint density at radius 2 is 2.04 bits per heavy atom. The smallest absolute Gasteiger partial charge is 0.231 e.